The Kier molecular flexibility index (Phi) is 3.07. The third-order valence-electron chi connectivity index (χ3n) is 3.98. The van der Waals surface area contributed by atoms with E-state index in [1.54, 1.807) is 0 Å². The van der Waals surface area contributed by atoms with Crippen molar-refractivity contribution in [3.05, 3.63) is 29.8 Å². The zero-order valence-corrected chi connectivity index (χ0v) is 11.1. The second-order valence-electron chi connectivity index (χ2n) is 5.71. The van der Waals surface area contributed by atoms with Crippen LogP contribution in [0.1, 0.15) is 30.1 Å². The molecule has 19 heavy (non-hydrogen) atoms. The van der Waals surface area contributed by atoms with E-state index >= 15 is 0 Å². The molecular weight excluding hydrogens is 242 g/mol. The lowest BCUT2D eigenvalue weighted by atomic mass is 9.78. The van der Waals surface area contributed by atoms with Crippen molar-refractivity contribution in [1.82, 2.24) is 0 Å². The SMILES string of the molecule is CC1(C(=O)c2ccc(OC3CC3)cc2)COCC1N. The predicted octanol–water partition coefficient (Wildman–Crippen LogP) is 1.77. The van der Waals surface area contributed by atoms with E-state index in [1.807, 2.05) is 31.2 Å². The van der Waals surface area contributed by atoms with Gasteiger partial charge in [-0.15, -0.1) is 0 Å². The Labute approximate surface area is 112 Å². The van der Waals surface area contributed by atoms with Gasteiger partial charge in [0.25, 0.3) is 0 Å². The Morgan fingerprint density at radius 3 is 2.58 bits per heavy atom. The first-order valence-corrected chi connectivity index (χ1v) is 6.74. The van der Waals surface area contributed by atoms with E-state index in [1.165, 1.54) is 0 Å². The molecule has 4 heteroatoms. The zero-order valence-electron chi connectivity index (χ0n) is 11.1. The smallest absolute Gasteiger partial charge is 0.172 e. The highest BCUT2D eigenvalue weighted by molar-refractivity contribution is 6.01. The average molecular weight is 261 g/mol. The van der Waals surface area contributed by atoms with Crippen LogP contribution in [0.25, 0.3) is 0 Å². The van der Waals surface area contributed by atoms with Gasteiger partial charge in [0.2, 0.25) is 0 Å². The summed E-state index contributed by atoms with van der Waals surface area (Å²) < 4.78 is 11.0. The lowest BCUT2D eigenvalue weighted by Gasteiger charge is -2.25. The quantitative estimate of drug-likeness (QED) is 0.839. The molecule has 1 aromatic rings. The molecule has 0 amide bonds. The summed E-state index contributed by atoms with van der Waals surface area (Å²) >= 11 is 0. The molecule has 0 spiro atoms. The van der Waals surface area contributed by atoms with Gasteiger partial charge in [0.1, 0.15) is 5.75 Å². The molecule has 0 radical (unpaired) electrons. The molecule has 2 aliphatic rings. The second-order valence-corrected chi connectivity index (χ2v) is 5.71. The van der Waals surface area contributed by atoms with Gasteiger partial charge in [-0.3, -0.25) is 4.79 Å². The molecule has 102 valence electrons. The Hall–Kier alpha value is -1.39. The minimum atomic E-state index is -0.612. The molecule has 1 heterocycles. The van der Waals surface area contributed by atoms with Crippen LogP contribution in [0.4, 0.5) is 0 Å². The molecule has 4 nitrogen and oxygen atoms in total. The number of rotatable bonds is 4. The lowest BCUT2D eigenvalue weighted by molar-refractivity contribution is 0.0767. The first kappa shape index (κ1) is 12.6. The fraction of sp³-hybridized carbons (Fsp3) is 0.533. The number of benzene rings is 1. The number of ether oxygens (including phenoxy) is 2. The molecule has 0 aromatic heterocycles. The van der Waals surface area contributed by atoms with Gasteiger partial charge < -0.3 is 15.2 Å². The van der Waals surface area contributed by atoms with E-state index in [-0.39, 0.29) is 11.8 Å². The summed E-state index contributed by atoms with van der Waals surface area (Å²) in [6.45, 7) is 2.72. The summed E-state index contributed by atoms with van der Waals surface area (Å²) in [5, 5.41) is 0. The number of hydrogen-bond donors (Lipinski definition) is 1. The highest BCUT2D eigenvalue weighted by Gasteiger charge is 2.44. The zero-order chi connectivity index (χ0) is 13.5. The molecule has 1 saturated heterocycles. The van der Waals surface area contributed by atoms with Crippen LogP contribution < -0.4 is 10.5 Å². The highest BCUT2D eigenvalue weighted by Crippen LogP contribution is 2.32. The molecule has 0 bridgehead atoms. The molecule has 2 N–H and O–H groups in total. The van der Waals surface area contributed by atoms with Gasteiger partial charge in [0.05, 0.1) is 24.7 Å². The maximum Gasteiger partial charge on any atom is 0.172 e. The van der Waals surface area contributed by atoms with E-state index in [0.29, 0.717) is 24.9 Å². The van der Waals surface area contributed by atoms with Gasteiger partial charge in [-0.05, 0) is 44.0 Å². The number of ketones is 1. The van der Waals surface area contributed by atoms with Gasteiger partial charge in [-0.2, -0.15) is 0 Å². The molecule has 1 aliphatic carbocycles. The highest BCUT2D eigenvalue weighted by atomic mass is 16.5. The fourth-order valence-electron chi connectivity index (χ4n) is 2.32. The number of Topliss-reactive ketones (excluding diaryl/α,β-unsaturated/α-hetero) is 1. The van der Waals surface area contributed by atoms with Crippen molar-refractivity contribution >= 4 is 5.78 Å². The number of nitrogens with two attached hydrogens (primary N) is 1. The number of hydrogen-bond acceptors (Lipinski definition) is 4. The van der Waals surface area contributed by atoms with E-state index in [4.69, 9.17) is 15.2 Å². The van der Waals surface area contributed by atoms with E-state index in [2.05, 4.69) is 0 Å². The van der Waals surface area contributed by atoms with Crippen molar-refractivity contribution in [3.63, 3.8) is 0 Å². The van der Waals surface area contributed by atoms with Crippen molar-refractivity contribution in [2.24, 2.45) is 11.1 Å². The van der Waals surface area contributed by atoms with Crippen molar-refractivity contribution in [1.29, 1.82) is 0 Å². The molecule has 3 rings (SSSR count). The number of carbonyl (C=O) groups is 1. The molecule has 1 saturated carbocycles. The standard InChI is InChI=1S/C15H19NO3/c1-15(9-18-8-13(15)16)14(17)10-2-4-11(5-3-10)19-12-6-7-12/h2-5,12-13H,6-9,16H2,1H3. The molecule has 2 fully saturated rings. The van der Waals surface area contributed by atoms with Crippen molar-refractivity contribution < 1.29 is 14.3 Å². The first-order chi connectivity index (χ1) is 9.09. The van der Waals surface area contributed by atoms with Crippen LogP contribution in [0.5, 0.6) is 5.75 Å². The molecular formula is C15H19NO3. The van der Waals surface area contributed by atoms with Crippen molar-refractivity contribution in [3.8, 4) is 5.75 Å². The van der Waals surface area contributed by atoms with E-state index in [9.17, 15) is 4.79 Å². The Bertz CT molecular complexity index is 481. The van der Waals surface area contributed by atoms with Crippen LogP contribution in [0.15, 0.2) is 24.3 Å². The fourth-order valence-corrected chi connectivity index (χ4v) is 2.32. The largest absolute Gasteiger partial charge is 0.490 e. The molecule has 1 aliphatic heterocycles. The monoisotopic (exact) mass is 261 g/mol. The Morgan fingerprint density at radius 1 is 1.37 bits per heavy atom. The topological polar surface area (TPSA) is 61.5 Å². The molecule has 2 atom stereocenters. The third-order valence-corrected chi connectivity index (χ3v) is 3.98. The minimum Gasteiger partial charge on any atom is -0.490 e. The van der Waals surface area contributed by atoms with Gasteiger partial charge in [-0.25, -0.2) is 0 Å². The van der Waals surface area contributed by atoms with Crippen molar-refractivity contribution in [2.45, 2.75) is 31.9 Å². The predicted molar refractivity (Wildman–Crippen MR) is 71.3 cm³/mol. The number of carbonyl (C=O) groups excluding carboxylic acids is 1. The van der Waals surface area contributed by atoms with Crippen LogP contribution in [-0.2, 0) is 4.74 Å². The third kappa shape index (κ3) is 2.38. The normalized spacial score (nSPS) is 30.3. The summed E-state index contributed by atoms with van der Waals surface area (Å²) in [4.78, 5) is 12.5. The van der Waals surface area contributed by atoms with Gasteiger partial charge in [0.15, 0.2) is 5.78 Å². The minimum absolute atomic E-state index is 0.0514. The summed E-state index contributed by atoms with van der Waals surface area (Å²) in [5.41, 5.74) is 6.05. The van der Waals surface area contributed by atoms with Gasteiger partial charge >= 0.3 is 0 Å². The maximum atomic E-state index is 12.5. The molecule has 1 aromatic carbocycles. The summed E-state index contributed by atoms with van der Waals surface area (Å²) in [7, 11) is 0. The Morgan fingerprint density at radius 2 is 2.05 bits per heavy atom. The van der Waals surface area contributed by atoms with Crippen LogP contribution in [0, 0.1) is 5.41 Å². The first-order valence-electron chi connectivity index (χ1n) is 6.74. The lowest BCUT2D eigenvalue weighted by Crippen LogP contribution is -2.44. The van der Waals surface area contributed by atoms with Gasteiger partial charge in [-0.1, -0.05) is 0 Å². The second kappa shape index (κ2) is 4.62. The van der Waals surface area contributed by atoms with E-state index < -0.39 is 5.41 Å². The summed E-state index contributed by atoms with van der Waals surface area (Å²) in [6, 6.07) is 7.11. The average Bonchev–Trinajstić information content (AvgIpc) is 3.16. The molecule has 2 unspecified atom stereocenters. The van der Waals surface area contributed by atoms with E-state index in [0.717, 1.165) is 18.6 Å². The summed E-state index contributed by atoms with van der Waals surface area (Å²) in [6.07, 6.45) is 2.63. The van der Waals surface area contributed by atoms with Gasteiger partial charge in [0, 0.05) is 11.6 Å². The van der Waals surface area contributed by atoms with Crippen LogP contribution in [0.2, 0.25) is 0 Å². The van der Waals surface area contributed by atoms with Crippen LogP contribution in [0.3, 0.4) is 0 Å². The van der Waals surface area contributed by atoms with Crippen LogP contribution in [-0.4, -0.2) is 31.1 Å². The van der Waals surface area contributed by atoms with Crippen molar-refractivity contribution in [2.75, 3.05) is 13.2 Å². The Balaban J connectivity index is 1.75. The van der Waals surface area contributed by atoms with Crippen LogP contribution >= 0.6 is 0 Å². The maximum absolute atomic E-state index is 12.5. The summed E-state index contributed by atoms with van der Waals surface area (Å²) in [5.74, 6) is 0.881.